The maximum Gasteiger partial charge on any atom is 0.312 e. The Hall–Kier alpha value is -1.96. The predicted octanol–water partition coefficient (Wildman–Crippen LogP) is 7.95. The molecule has 1 rings (SSSR count). The van der Waals surface area contributed by atoms with Crippen LogP contribution in [0.4, 0.5) is 0 Å². The molecule has 0 aromatic heterocycles. The first-order valence-corrected chi connectivity index (χ1v) is 19.0. The van der Waals surface area contributed by atoms with Crippen molar-refractivity contribution in [1.82, 2.24) is 4.90 Å². The van der Waals surface area contributed by atoms with Gasteiger partial charge in [-0.2, -0.15) is 0 Å². The lowest BCUT2D eigenvalue weighted by Gasteiger charge is -2.44. The summed E-state index contributed by atoms with van der Waals surface area (Å²) >= 11 is 0. The minimum atomic E-state index is -2.19. The predicted molar refractivity (Wildman–Crippen MR) is 177 cm³/mol. The fraction of sp³-hybridized carbons (Fsp3) is 0.714. The van der Waals surface area contributed by atoms with E-state index in [-0.39, 0.29) is 29.0 Å². The number of aliphatic hydroxyl groups is 1. The quantitative estimate of drug-likeness (QED) is 0.0752. The van der Waals surface area contributed by atoms with Gasteiger partial charge in [-0.05, 0) is 55.8 Å². The van der Waals surface area contributed by atoms with Gasteiger partial charge in [0, 0.05) is 7.05 Å². The fourth-order valence-electron chi connectivity index (χ4n) is 4.81. The Kier molecular flexibility index (Phi) is 16.3. The van der Waals surface area contributed by atoms with Crippen LogP contribution in [0.3, 0.4) is 0 Å². The zero-order chi connectivity index (χ0) is 32.1. The molecule has 7 heteroatoms. The number of unbranched alkanes of at least 4 members (excludes halogenated alkanes) is 4. The summed E-state index contributed by atoms with van der Waals surface area (Å²) in [4.78, 5) is 29.0. The van der Waals surface area contributed by atoms with Gasteiger partial charge in [0.15, 0.2) is 14.4 Å². The molecular formula is C35H61NO5Si. The van der Waals surface area contributed by atoms with Gasteiger partial charge in [-0.15, -0.1) is 6.58 Å². The molecule has 0 heterocycles. The molecule has 1 N–H and O–H groups in total. The van der Waals surface area contributed by atoms with Crippen molar-refractivity contribution in [2.24, 2.45) is 11.8 Å². The van der Waals surface area contributed by atoms with Crippen molar-refractivity contribution in [3.63, 3.8) is 0 Å². The van der Waals surface area contributed by atoms with Crippen molar-refractivity contribution in [1.29, 1.82) is 0 Å². The van der Waals surface area contributed by atoms with Crippen LogP contribution in [0.25, 0.3) is 0 Å². The third kappa shape index (κ3) is 12.0. The van der Waals surface area contributed by atoms with Crippen molar-refractivity contribution in [2.45, 2.75) is 142 Å². The van der Waals surface area contributed by atoms with Gasteiger partial charge in [-0.25, -0.2) is 0 Å². The van der Waals surface area contributed by atoms with E-state index in [1.807, 2.05) is 38.1 Å². The Bertz CT molecular complexity index is 942. The molecule has 1 aromatic carbocycles. The van der Waals surface area contributed by atoms with Crippen molar-refractivity contribution < 1.29 is 23.9 Å². The number of nitrogens with zero attached hydrogens (tertiary/aromatic N) is 1. The zero-order valence-electron chi connectivity index (χ0n) is 28.3. The summed E-state index contributed by atoms with van der Waals surface area (Å²) in [6, 6.07) is 9.82. The van der Waals surface area contributed by atoms with Gasteiger partial charge < -0.3 is 19.2 Å². The van der Waals surface area contributed by atoms with Crippen LogP contribution in [-0.2, 0) is 25.2 Å². The minimum Gasteiger partial charge on any atom is -0.452 e. The number of hydrogen-bond donors (Lipinski definition) is 1. The number of ether oxygens (including phenoxy) is 1. The second-order valence-electron chi connectivity index (χ2n) is 13.8. The molecule has 1 amide bonds. The Morgan fingerprint density at radius 3 is 2.17 bits per heavy atom. The molecule has 0 radical (unpaired) electrons. The van der Waals surface area contributed by atoms with Crippen LogP contribution in [0.5, 0.6) is 0 Å². The summed E-state index contributed by atoms with van der Waals surface area (Å²) in [5.74, 6) is -1.73. The Balaban J connectivity index is 3.22. The van der Waals surface area contributed by atoms with E-state index < -0.39 is 32.4 Å². The molecule has 0 bridgehead atoms. The van der Waals surface area contributed by atoms with Crippen LogP contribution in [0.2, 0.25) is 18.1 Å². The zero-order valence-corrected chi connectivity index (χ0v) is 29.3. The van der Waals surface area contributed by atoms with E-state index in [4.69, 9.17) is 9.16 Å². The molecule has 0 spiro atoms. The molecule has 6 nitrogen and oxygen atoms in total. The Morgan fingerprint density at radius 2 is 1.64 bits per heavy atom. The van der Waals surface area contributed by atoms with Crippen LogP contribution >= 0.6 is 0 Å². The number of likely N-dealkylation sites (N-methyl/N-ethyl adjacent to an activating group) is 1. The first kappa shape index (κ1) is 38.1. The molecule has 0 aliphatic heterocycles. The second kappa shape index (κ2) is 18.0. The van der Waals surface area contributed by atoms with Crippen molar-refractivity contribution in [3.05, 3.63) is 48.6 Å². The van der Waals surface area contributed by atoms with Crippen molar-refractivity contribution >= 4 is 20.2 Å². The monoisotopic (exact) mass is 603 g/mol. The highest BCUT2D eigenvalue weighted by molar-refractivity contribution is 6.74. The smallest absolute Gasteiger partial charge is 0.312 e. The molecule has 0 aliphatic carbocycles. The summed E-state index contributed by atoms with van der Waals surface area (Å²) in [6.45, 7) is 22.7. The van der Waals surface area contributed by atoms with E-state index in [9.17, 15) is 14.7 Å². The molecule has 42 heavy (non-hydrogen) atoms. The van der Waals surface area contributed by atoms with Crippen LogP contribution in [-0.4, -0.2) is 61.6 Å². The highest BCUT2D eigenvalue weighted by Crippen LogP contribution is 2.38. The SMILES string of the molecule is C=CC[C@@H](O[Si](C)(C)C(C)(C)C)[C@H](Cc1ccccc1)N(C)C(=O)[C@@H](OC(=O)[C@H](C)[C@@H](O)CCCCCCC)C(C)C. The minimum absolute atomic E-state index is 0.00469. The number of aliphatic hydroxyl groups excluding tert-OH is 1. The number of esters is 1. The first-order valence-electron chi connectivity index (χ1n) is 16.0. The number of benzene rings is 1. The molecule has 1 aromatic rings. The molecule has 0 unspecified atom stereocenters. The lowest BCUT2D eigenvalue weighted by Crippen LogP contribution is -2.55. The van der Waals surface area contributed by atoms with Gasteiger partial charge >= 0.3 is 5.97 Å². The van der Waals surface area contributed by atoms with Crippen molar-refractivity contribution in [2.75, 3.05) is 7.05 Å². The van der Waals surface area contributed by atoms with Crippen LogP contribution < -0.4 is 0 Å². The second-order valence-corrected chi connectivity index (χ2v) is 18.6. The number of amides is 1. The lowest BCUT2D eigenvalue weighted by molar-refractivity contribution is -0.170. The largest absolute Gasteiger partial charge is 0.452 e. The van der Waals surface area contributed by atoms with Gasteiger partial charge in [0.1, 0.15) is 0 Å². The van der Waals surface area contributed by atoms with Crippen molar-refractivity contribution in [3.8, 4) is 0 Å². The average Bonchev–Trinajstić information content (AvgIpc) is 2.92. The third-order valence-electron chi connectivity index (χ3n) is 8.86. The maximum atomic E-state index is 14.1. The fourth-order valence-corrected chi connectivity index (χ4v) is 6.17. The summed E-state index contributed by atoms with van der Waals surface area (Å²) in [7, 11) is -0.396. The molecule has 0 saturated carbocycles. The Morgan fingerprint density at radius 1 is 1.05 bits per heavy atom. The molecule has 0 saturated heterocycles. The molecule has 0 fully saturated rings. The van der Waals surface area contributed by atoms with E-state index in [1.54, 1.807) is 18.9 Å². The normalized spacial score (nSPS) is 15.9. The van der Waals surface area contributed by atoms with Gasteiger partial charge in [0.05, 0.1) is 24.2 Å². The molecule has 0 aliphatic rings. The Labute approximate surface area is 258 Å². The van der Waals surface area contributed by atoms with E-state index in [0.29, 0.717) is 19.3 Å². The van der Waals surface area contributed by atoms with E-state index >= 15 is 0 Å². The van der Waals surface area contributed by atoms with Crippen LogP contribution in [0, 0.1) is 11.8 Å². The average molecular weight is 604 g/mol. The highest BCUT2D eigenvalue weighted by atomic mass is 28.4. The van der Waals surface area contributed by atoms with Gasteiger partial charge in [-0.1, -0.05) is 110 Å². The maximum absolute atomic E-state index is 14.1. The number of hydrogen-bond acceptors (Lipinski definition) is 5. The van der Waals surface area contributed by atoms with Crippen LogP contribution in [0.15, 0.2) is 43.0 Å². The summed E-state index contributed by atoms with van der Waals surface area (Å²) in [5, 5.41) is 10.7. The first-order chi connectivity index (χ1) is 19.6. The summed E-state index contributed by atoms with van der Waals surface area (Å²) < 4.78 is 12.8. The van der Waals surface area contributed by atoms with E-state index in [2.05, 4.69) is 59.5 Å². The van der Waals surface area contributed by atoms with E-state index in [1.165, 1.54) is 6.42 Å². The van der Waals surface area contributed by atoms with Gasteiger partial charge in [0.2, 0.25) is 0 Å². The van der Waals surface area contributed by atoms with E-state index in [0.717, 1.165) is 31.2 Å². The molecule has 5 atom stereocenters. The molecular weight excluding hydrogens is 542 g/mol. The summed E-state index contributed by atoms with van der Waals surface area (Å²) in [6.07, 6.45) is 6.96. The summed E-state index contributed by atoms with van der Waals surface area (Å²) in [5.41, 5.74) is 1.10. The third-order valence-corrected chi connectivity index (χ3v) is 13.4. The van der Waals surface area contributed by atoms with Crippen LogP contribution in [0.1, 0.15) is 99.0 Å². The topological polar surface area (TPSA) is 76.1 Å². The van der Waals surface area contributed by atoms with Gasteiger partial charge in [-0.3, -0.25) is 9.59 Å². The number of carbonyl (C=O) groups excluding carboxylic acids is 2. The van der Waals surface area contributed by atoms with Gasteiger partial charge in [0.25, 0.3) is 5.91 Å². The number of carbonyl (C=O) groups is 2. The number of rotatable bonds is 19. The lowest BCUT2D eigenvalue weighted by atomic mass is 9.96. The molecule has 240 valence electrons. The standard InChI is InChI=1S/C35H61NO5Si/c1-12-14-15-16-20-24-30(37)27(5)34(39)40-32(26(3)4)33(38)36(9)29(25-28-22-18-17-19-23-28)31(21-13-2)41-42(10,11)35(6,7)8/h13,17-19,22-23,26-27,29-32,37H,2,12,14-16,20-21,24-25H2,1,3-11H3/t27-,29+,30+,31-,32+/m1/s1. The highest BCUT2D eigenvalue weighted by Gasteiger charge is 2.43.